The summed E-state index contributed by atoms with van der Waals surface area (Å²) in [7, 11) is 1.60. The Kier molecular flexibility index (Phi) is 6.14. The Balaban J connectivity index is 1.60. The van der Waals surface area contributed by atoms with Gasteiger partial charge in [0.2, 0.25) is 5.91 Å². The second kappa shape index (κ2) is 9.13. The van der Waals surface area contributed by atoms with Crippen LogP contribution in [-0.4, -0.2) is 41.2 Å². The number of rotatable bonds is 6. The molecule has 1 fully saturated rings. The van der Waals surface area contributed by atoms with Crippen molar-refractivity contribution in [3.8, 4) is 17.2 Å². The van der Waals surface area contributed by atoms with Gasteiger partial charge in [0.1, 0.15) is 11.0 Å². The average Bonchev–Trinajstić information content (AvgIpc) is 3.26. The van der Waals surface area contributed by atoms with Crippen molar-refractivity contribution in [1.29, 1.82) is 0 Å². The molecule has 1 aromatic heterocycles. The predicted molar refractivity (Wildman–Crippen MR) is 112 cm³/mol. The molecule has 150 valence electrons. The monoisotopic (exact) mass is 409 g/mol. The second-order valence-electron chi connectivity index (χ2n) is 6.87. The van der Waals surface area contributed by atoms with Crippen LogP contribution in [0.1, 0.15) is 30.1 Å². The molecule has 29 heavy (non-hydrogen) atoms. The summed E-state index contributed by atoms with van der Waals surface area (Å²) < 4.78 is 11.3. The van der Waals surface area contributed by atoms with Crippen LogP contribution in [0.4, 0.5) is 0 Å². The summed E-state index contributed by atoms with van der Waals surface area (Å²) in [6, 6.07) is 17.3. The lowest BCUT2D eigenvalue weighted by atomic mass is 10.1. The topological polar surface area (TPSA) is 68.5 Å². The van der Waals surface area contributed by atoms with Gasteiger partial charge >= 0.3 is 0 Å². The third-order valence-electron chi connectivity index (χ3n) is 4.96. The van der Waals surface area contributed by atoms with Gasteiger partial charge in [-0.2, -0.15) is 0 Å². The van der Waals surface area contributed by atoms with E-state index in [9.17, 15) is 4.79 Å². The number of nitrogens with zero attached hydrogens (tertiary/aromatic N) is 3. The Hall–Kier alpha value is -2.80. The fourth-order valence-electron chi connectivity index (χ4n) is 3.46. The number of carbonyl (C=O) groups is 1. The van der Waals surface area contributed by atoms with E-state index in [0.717, 1.165) is 37.1 Å². The SMILES string of the molecule is COc1ccccc1-c1nnc(S[C@H](C(=O)N2CCCCC2)c2ccccc2)o1. The minimum atomic E-state index is -0.416. The van der Waals surface area contributed by atoms with Crippen molar-refractivity contribution in [3.63, 3.8) is 0 Å². The fraction of sp³-hybridized carbons (Fsp3) is 0.318. The molecule has 1 atom stereocenters. The van der Waals surface area contributed by atoms with Crippen LogP contribution in [0.3, 0.4) is 0 Å². The number of ether oxygens (including phenoxy) is 1. The van der Waals surface area contributed by atoms with Crippen molar-refractivity contribution in [1.82, 2.24) is 15.1 Å². The lowest BCUT2D eigenvalue weighted by molar-refractivity contribution is -0.131. The van der Waals surface area contributed by atoms with Crippen LogP contribution in [0, 0.1) is 0 Å². The Labute approximate surface area is 174 Å². The number of benzene rings is 2. The van der Waals surface area contributed by atoms with Gasteiger partial charge in [0, 0.05) is 13.1 Å². The number of methoxy groups -OCH3 is 1. The van der Waals surface area contributed by atoms with Gasteiger partial charge in [-0.05, 0) is 48.7 Å². The first-order chi connectivity index (χ1) is 14.3. The average molecular weight is 410 g/mol. The van der Waals surface area contributed by atoms with E-state index in [1.807, 2.05) is 59.5 Å². The highest BCUT2D eigenvalue weighted by Gasteiger charge is 2.30. The van der Waals surface area contributed by atoms with Crippen LogP contribution in [0.5, 0.6) is 5.75 Å². The summed E-state index contributed by atoms with van der Waals surface area (Å²) in [6.45, 7) is 1.61. The third-order valence-corrected chi connectivity index (χ3v) is 6.03. The summed E-state index contributed by atoms with van der Waals surface area (Å²) in [5, 5.41) is 8.30. The zero-order valence-electron chi connectivity index (χ0n) is 16.3. The highest BCUT2D eigenvalue weighted by atomic mass is 32.2. The van der Waals surface area contributed by atoms with Crippen molar-refractivity contribution in [3.05, 3.63) is 60.2 Å². The highest BCUT2D eigenvalue weighted by Crippen LogP contribution is 2.38. The number of carbonyl (C=O) groups excluding carboxylic acids is 1. The summed E-state index contributed by atoms with van der Waals surface area (Å²) >= 11 is 1.30. The molecular weight excluding hydrogens is 386 g/mol. The molecule has 6 nitrogen and oxygen atoms in total. The van der Waals surface area contributed by atoms with Gasteiger partial charge < -0.3 is 14.1 Å². The predicted octanol–water partition coefficient (Wildman–Crippen LogP) is 4.59. The Morgan fingerprint density at radius 3 is 2.52 bits per heavy atom. The summed E-state index contributed by atoms with van der Waals surface area (Å²) in [6.07, 6.45) is 3.28. The minimum absolute atomic E-state index is 0.0953. The van der Waals surface area contributed by atoms with Crippen molar-refractivity contribution < 1.29 is 13.9 Å². The van der Waals surface area contributed by atoms with Gasteiger partial charge in [0.15, 0.2) is 0 Å². The number of hydrogen-bond acceptors (Lipinski definition) is 6. The zero-order valence-corrected chi connectivity index (χ0v) is 17.1. The molecule has 4 rings (SSSR count). The maximum Gasteiger partial charge on any atom is 0.277 e. The van der Waals surface area contributed by atoms with Gasteiger partial charge in [-0.3, -0.25) is 4.79 Å². The molecule has 0 bridgehead atoms. The molecule has 3 aromatic rings. The van der Waals surface area contributed by atoms with Crippen LogP contribution in [-0.2, 0) is 4.79 Å². The first-order valence-electron chi connectivity index (χ1n) is 9.73. The number of amides is 1. The molecule has 2 heterocycles. The van der Waals surface area contributed by atoms with Crippen LogP contribution < -0.4 is 4.74 Å². The van der Waals surface area contributed by atoms with Gasteiger partial charge in [-0.1, -0.05) is 42.5 Å². The fourth-order valence-corrected chi connectivity index (χ4v) is 4.42. The lowest BCUT2D eigenvalue weighted by Crippen LogP contribution is -2.38. The van der Waals surface area contributed by atoms with Gasteiger partial charge in [0.25, 0.3) is 11.1 Å². The van der Waals surface area contributed by atoms with E-state index in [2.05, 4.69) is 10.2 Å². The number of likely N-dealkylation sites (tertiary alicyclic amines) is 1. The van der Waals surface area contributed by atoms with Crippen molar-refractivity contribution in [2.45, 2.75) is 29.7 Å². The smallest absolute Gasteiger partial charge is 0.277 e. The van der Waals surface area contributed by atoms with Crippen LogP contribution in [0.15, 0.2) is 64.2 Å². The molecule has 1 aliphatic rings. The molecule has 0 saturated carbocycles. The van der Waals surface area contributed by atoms with E-state index in [4.69, 9.17) is 9.15 Å². The summed E-state index contributed by atoms with van der Waals surface area (Å²) in [4.78, 5) is 15.2. The highest BCUT2D eigenvalue weighted by molar-refractivity contribution is 8.00. The maximum atomic E-state index is 13.3. The van der Waals surface area contributed by atoms with E-state index in [1.165, 1.54) is 18.2 Å². The maximum absolute atomic E-state index is 13.3. The lowest BCUT2D eigenvalue weighted by Gasteiger charge is -2.29. The van der Waals surface area contributed by atoms with Crippen molar-refractivity contribution >= 4 is 17.7 Å². The van der Waals surface area contributed by atoms with E-state index in [1.54, 1.807) is 7.11 Å². The minimum Gasteiger partial charge on any atom is -0.496 e. The third kappa shape index (κ3) is 4.45. The number of aromatic nitrogens is 2. The molecule has 1 amide bonds. The van der Waals surface area contributed by atoms with Crippen molar-refractivity contribution in [2.24, 2.45) is 0 Å². The Morgan fingerprint density at radius 1 is 1.03 bits per heavy atom. The molecular formula is C22H23N3O3S. The number of thioether (sulfide) groups is 1. The second-order valence-corrected chi connectivity index (χ2v) is 7.92. The quantitative estimate of drug-likeness (QED) is 0.555. The van der Waals surface area contributed by atoms with Crippen LogP contribution in [0.2, 0.25) is 0 Å². The number of piperidine rings is 1. The largest absolute Gasteiger partial charge is 0.496 e. The molecule has 1 saturated heterocycles. The zero-order chi connectivity index (χ0) is 20.1. The Bertz CT molecular complexity index is 955. The molecule has 1 aliphatic heterocycles. The molecule has 0 N–H and O–H groups in total. The van der Waals surface area contributed by atoms with E-state index < -0.39 is 5.25 Å². The standard InChI is InChI=1S/C22H23N3O3S/c1-27-18-13-7-6-12-17(18)20-23-24-22(28-20)29-19(16-10-4-2-5-11-16)21(26)25-14-8-3-9-15-25/h2,4-7,10-13,19H,3,8-9,14-15H2,1H3/t19-/m0/s1. The van der Waals surface area contributed by atoms with Crippen molar-refractivity contribution in [2.75, 3.05) is 20.2 Å². The number of hydrogen-bond donors (Lipinski definition) is 0. The molecule has 0 spiro atoms. The first-order valence-corrected chi connectivity index (χ1v) is 10.6. The van der Waals surface area contributed by atoms with Crippen LogP contribution >= 0.6 is 11.8 Å². The Morgan fingerprint density at radius 2 is 1.76 bits per heavy atom. The first kappa shape index (κ1) is 19.5. The summed E-state index contributed by atoms with van der Waals surface area (Å²) in [5.74, 6) is 1.14. The van der Waals surface area contributed by atoms with Gasteiger partial charge in [-0.15, -0.1) is 10.2 Å². The van der Waals surface area contributed by atoms with E-state index in [-0.39, 0.29) is 5.91 Å². The van der Waals surface area contributed by atoms with E-state index >= 15 is 0 Å². The van der Waals surface area contributed by atoms with Gasteiger partial charge in [0.05, 0.1) is 12.7 Å². The van der Waals surface area contributed by atoms with E-state index in [0.29, 0.717) is 16.9 Å². The van der Waals surface area contributed by atoms with Gasteiger partial charge in [-0.25, -0.2) is 0 Å². The molecule has 0 radical (unpaired) electrons. The normalized spacial score (nSPS) is 15.1. The molecule has 0 aliphatic carbocycles. The molecule has 7 heteroatoms. The summed E-state index contributed by atoms with van der Waals surface area (Å²) in [5.41, 5.74) is 1.66. The molecule has 0 unspecified atom stereocenters. The molecule has 2 aromatic carbocycles. The number of para-hydroxylation sites is 1. The van der Waals surface area contributed by atoms with Crippen LogP contribution in [0.25, 0.3) is 11.5 Å².